The van der Waals surface area contributed by atoms with Gasteiger partial charge in [-0.25, -0.2) is 14.0 Å². The van der Waals surface area contributed by atoms with Gasteiger partial charge < -0.3 is 15.2 Å². The molecule has 1 aromatic carbocycles. The third-order valence-electron chi connectivity index (χ3n) is 5.10. The van der Waals surface area contributed by atoms with Gasteiger partial charge in [0.25, 0.3) is 0 Å². The number of carboxylic acid groups (broad SMARTS) is 1. The fraction of sp³-hybridized carbons (Fsp3) is 0.556. The van der Waals surface area contributed by atoms with E-state index in [4.69, 9.17) is 9.84 Å². The molecule has 1 aliphatic carbocycles. The number of rotatable bonds is 3. The highest BCUT2D eigenvalue weighted by Crippen LogP contribution is 2.44. The normalized spacial score (nSPS) is 28.5. The number of cyclic esters (lactones) is 1. The van der Waals surface area contributed by atoms with Crippen molar-refractivity contribution in [1.82, 2.24) is 10.2 Å². The van der Waals surface area contributed by atoms with Crippen molar-refractivity contribution < 1.29 is 23.8 Å². The molecule has 1 aromatic rings. The van der Waals surface area contributed by atoms with Crippen LogP contribution < -0.4 is 5.32 Å². The molecular weight excluding hydrogens is 327 g/mol. The summed E-state index contributed by atoms with van der Waals surface area (Å²) < 4.78 is 18.9. The summed E-state index contributed by atoms with van der Waals surface area (Å²) in [5.74, 6) is -0.321. The first kappa shape index (κ1) is 17.5. The molecule has 0 unspecified atom stereocenters. The van der Waals surface area contributed by atoms with Crippen molar-refractivity contribution in [3.8, 4) is 0 Å². The maximum Gasteiger partial charge on any atom is 0.411 e. The first-order valence-electron chi connectivity index (χ1n) is 8.54. The zero-order valence-corrected chi connectivity index (χ0v) is 14.4. The molecule has 136 valence electrons. The monoisotopic (exact) mass is 350 g/mol. The van der Waals surface area contributed by atoms with E-state index in [2.05, 4.69) is 5.32 Å². The summed E-state index contributed by atoms with van der Waals surface area (Å²) in [4.78, 5) is 25.1. The Hall–Kier alpha value is -2.31. The SMILES string of the molecule is CC1(C)OC(=O)N(C2CCC(NC(=O)O)CC2)[C@H]1c1ccc(F)cc1. The van der Waals surface area contributed by atoms with Gasteiger partial charge in [-0.2, -0.15) is 0 Å². The fourth-order valence-electron chi connectivity index (χ4n) is 4.01. The molecule has 0 bridgehead atoms. The Labute approximate surface area is 146 Å². The van der Waals surface area contributed by atoms with Gasteiger partial charge in [0.2, 0.25) is 0 Å². The lowest BCUT2D eigenvalue weighted by atomic mass is 9.86. The summed E-state index contributed by atoms with van der Waals surface area (Å²) in [6.07, 6.45) is 1.37. The van der Waals surface area contributed by atoms with Gasteiger partial charge >= 0.3 is 12.2 Å². The maximum absolute atomic E-state index is 13.3. The summed E-state index contributed by atoms with van der Waals surface area (Å²) in [7, 11) is 0. The molecule has 0 aromatic heterocycles. The maximum atomic E-state index is 13.3. The molecule has 3 rings (SSSR count). The van der Waals surface area contributed by atoms with Crippen LogP contribution in [0.3, 0.4) is 0 Å². The zero-order valence-electron chi connectivity index (χ0n) is 14.4. The molecule has 1 atom stereocenters. The van der Waals surface area contributed by atoms with Gasteiger partial charge in [0.05, 0.1) is 6.04 Å². The van der Waals surface area contributed by atoms with E-state index in [0.29, 0.717) is 25.7 Å². The van der Waals surface area contributed by atoms with Crippen molar-refractivity contribution in [3.05, 3.63) is 35.6 Å². The van der Waals surface area contributed by atoms with Gasteiger partial charge in [0.15, 0.2) is 0 Å². The second kappa shape index (κ2) is 6.54. The van der Waals surface area contributed by atoms with Gasteiger partial charge in [-0.1, -0.05) is 12.1 Å². The van der Waals surface area contributed by atoms with Crippen LogP contribution in [-0.2, 0) is 4.74 Å². The second-order valence-electron chi connectivity index (χ2n) is 7.29. The van der Waals surface area contributed by atoms with Gasteiger partial charge in [0, 0.05) is 12.1 Å². The molecule has 2 fully saturated rings. The molecular formula is C18H23FN2O4. The molecule has 1 saturated heterocycles. The predicted molar refractivity (Wildman–Crippen MR) is 88.7 cm³/mol. The second-order valence-corrected chi connectivity index (χ2v) is 7.29. The van der Waals surface area contributed by atoms with Crippen LogP contribution in [0, 0.1) is 5.82 Å². The van der Waals surface area contributed by atoms with Crippen LogP contribution in [0.2, 0.25) is 0 Å². The van der Waals surface area contributed by atoms with Crippen LogP contribution in [0.15, 0.2) is 24.3 Å². The minimum atomic E-state index is -1.02. The fourth-order valence-corrected chi connectivity index (χ4v) is 4.01. The number of hydrogen-bond acceptors (Lipinski definition) is 3. The Balaban J connectivity index is 1.80. The van der Waals surface area contributed by atoms with E-state index in [-0.39, 0.29) is 30.0 Å². The smallest absolute Gasteiger partial charge is 0.411 e. The molecule has 1 saturated carbocycles. The minimum Gasteiger partial charge on any atom is -0.465 e. The van der Waals surface area contributed by atoms with E-state index in [0.717, 1.165) is 5.56 Å². The van der Waals surface area contributed by atoms with E-state index < -0.39 is 11.7 Å². The van der Waals surface area contributed by atoms with Crippen LogP contribution >= 0.6 is 0 Å². The van der Waals surface area contributed by atoms with Crippen LogP contribution in [0.4, 0.5) is 14.0 Å². The lowest BCUT2D eigenvalue weighted by Gasteiger charge is -2.38. The number of halogens is 1. The lowest BCUT2D eigenvalue weighted by molar-refractivity contribution is 0.0663. The van der Waals surface area contributed by atoms with E-state index >= 15 is 0 Å². The Bertz CT molecular complexity index is 654. The standard InChI is InChI=1S/C18H23FN2O4/c1-18(2)15(11-3-5-12(19)6-4-11)21(17(24)25-18)14-9-7-13(8-10-14)20-16(22)23/h3-6,13-15,20H,7-10H2,1-2H3,(H,22,23)/t13?,14?,15-/m0/s1. The molecule has 6 nitrogen and oxygen atoms in total. The van der Waals surface area contributed by atoms with Crippen molar-refractivity contribution in [1.29, 1.82) is 0 Å². The number of amides is 2. The molecule has 0 radical (unpaired) electrons. The number of carbonyl (C=O) groups excluding carboxylic acids is 1. The van der Waals surface area contributed by atoms with Crippen LogP contribution in [0.5, 0.6) is 0 Å². The topological polar surface area (TPSA) is 78.9 Å². The molecule has 7 heteroatoms. The quantitative estimate of drug-likeness (QED) is 0.872. The highest BCUT2D eigenvalue weighted by molar-refractivity contribution is 5.72. The van der Waals surface area contributed by atoms with E-state index in [1.165, 1.54) is 12.1 Å². The molecule has 25 heavy (non-hydrogen) atoms. The highest BCUT2D eigenvalue weighted by atomic mass is 19.1. The summed E-state index contributed by atoms with van der Waals surface area (Å²) >= 11 is 0. The number of carbonyl (C=O) groups is 2. The third-order valence-corrected chi connectivity index (χ3v) is 5.10. The number of hydrogen-bond donors (Lipinski definition) is 2. The molecule has 2 N–H and O–H groups in total. The van der Waals surface area contributed by atoms with Gasteiger partial charge in [-0.15, -0.1) is 0 Å². The van der Waals surface area contributed by atoms with Gasteiger partial charge in [0.1, 0.15) is 11.4 Å². The molecule has 2 amide bonds. The summed E-state index contributed by atoms with van der Waals surface area (Å²) in [6.45, 7) is 3.72. The first-order chi connectivity index (χ1) is 11.8. The van der Waals surface area contributed by atoms with Crippen LogP contribution in [0.1, 0.15) is 51.1 Å². The highest BCUT2D eigenvalue weighted by Gasteiger charge is 2.51. The Morgan fingerprint density at radius 2 is 1.84 bits per heavy atom. The number of ether oxygens (including phenoxy) is 1. The molecule has 0 spiro atoms. The summed E-state index contributed by atoms with van der Waals surface area (Å²) in [5.41, 5.74) is 0.119. The Morgan fingerprint density at radius 3 is 2.40 bits per heavy atom. The van der Waals surface area contributed by atoms with Crippen molar-refractivity contribution in [2.45, 2.75) is 63.3 Å². The lowest BCUT2D eigenvalue weighted by Crippen LogP contribution is -2.46. The third kappa shape index (κ3) is 3.55. The van der Waals surface area contributed by atoms with Crippen LogP contribution in [-0.4, -0.2) is 39.9 Å². The van der Waals surface area contributed by atoms with Crippen molar-refractivity contribution in [2.24, 2.45) is 0 Å². The Morgan fingerprint density at radius 1 is 1.24 bits per heavy atom. The average molecular weight is 350 g/mol. The zero-order chi connectivity index (χ0) is 18.2. The Kier molecular flexibility index (Phi) is 4.58. The van der Waals surface area contributed by atoms with Gasteiger partial charge in [-0.3, -0.25) is 4.90 Å². The van der Waals surface area contributed by atoms with E-state index in [1.807, 2.05) is 13.8 Å². The summed E-state index contributed by atoms with van der Waals surface area (Å²) in [5, 5.41) is 11.4. The van der Waals surface area contributed by atoms with E-state index in [1.54, 1.807) is 17.0 Å². The average Bonchev–Trinajstić information content (AvgIpc) is 2.77. The molecule has 2 aliphatic rings. The number of nitrogens with zero attached hydrogens (tertiary/aromatic N) is 1. The largest absolute Gasteiger partial charge is 0.465 e. The minimum absolute atomic E-state index is 0.0174. The summed E-state index contributed by atoms with van der Waals surface area (Å²) in [6, 6.07) is 5.76. The van der Waals surface area contributed by atoms with Gasteiger partial charge in [-0.05, 0) is 57.2 Å². The molecule has 1 heterocycles. The van der Waals surface area contributed by atoms with Crippen molar-refractivity contribution in [2.75, 3.05) is 0 Å². The predicted octanol–water partition coefficient (Wildman–Crippen LogP) is 3.68. The van der Waals surface area contributed by atoms with Crippen molar-refractivity contribution >= 4 is 12.2 Å². The van der Waals surface area contributed by atoms with Crippen molar-refractivity contribution in [3.63, 3.8) is 0 Å². The number of benzene rings is 1. The van der Waals surface area contributed by atoms with E-state index in [9.17, 15) is 14.0 Å². The number of nitrogens with one attached hydrogen (secondary N) is 1. The van der Waals surface area contributed by atoms with Crippen LogP contribution in [0.25, 0.3) is 0 Å². The molecule has 1 aliphatic heterocycles. The first-order valence-corrected chi connectivity index (χ1v) is 8.54.